The summed E-state index contributed by atoms with van der Waals surface area (Å²) < 4.78 is 10.5. The van der Waals surface area contributed by atoms with Gasteiger partial charge in [0, 0.05) is 11.8 Å². The molecule has 1 heterocycles. The van der Waals surface area contributed by atoms with Crippen LogP contribution in [0.4, 0.5) is 0 Å². The Hall–Kier alpha value is -1.83. The van der Waals surface area contributed by atoms with Crippen molar-refractivity contribution in [1.82, 2.24) is 10.3 Å². The summed E-state index contributed by atoms with van der Waals surface area (Å²) in [5.74, 6) is 1.08. The molecule has 132 valence electrons. The highest BCUT2D eigenvalue weighted by atomic mass is 35.5. The van der Waals surface area contributed by atoms with Gasteiger partial charge in [0.1, 0.15) is 5.69 Å². The van der Waals surface area contributed by atoms with Gasteiger partial charge in [-0.25, -0.2) is 4.98 Å². The number of carbonyl (C=O) groups excluding carboxylic acids is 1. The van der Waals surface area contributed by atoms with Gasteiger partial charge in [-0.05, 0) is 31.2 Å². The quantitative estimate of drug-likeness (QED) is 0.781. The zero-order valence-corrected chi connectivity index (χ0v) is 15.5. The Bertz CT molecular complexity index is 678. The third-order valence-corrected chi connectivity index (χ3v) is 4.31. The van der Waals surface area contributed by atoms with Crippen molar-refractivity contribution in [3.05, 3.63) is 39.8 Å². The molecule has 1 aromatic carbocycles. The molecular formula is C16H22ClN3O3S. The third kappa shape index (κ3) is 4.83. The molecule has 0 aliphatic rings. The number of nitrogens with one attached hydrogen (secondary N) is 1. The molecule has 1 aromatic heterocycles. The number of aromatic nitrogens is 1. The lowest BCUT2D eigenvalue weighted by atomic mass is 10.1. The van der Waals surface area contributed by atoms with Gasteiger partial charge in [0.05, 0.1) is 25.3 Å². The fourth-order valence-corrected chi connectivity index (χ4v) is 2.92. The maximum atomic E-state index is 12.3. The second-order valence-electron chi connectivity index (χ2n) is 4.97. The Morgan fingerprint density at radius 2 is 2.04 bits per heavy atom. The number of rotatable bonds is 7. The molecule has 1 amide bonds. The van der Waals surface area contributed by atoms with E-state index in [-0.39, 0.29) is 24.4 Å². The first kappa shape index (κ1) is 20.2. The lowest BCUT2D eigenvalue weighted by Crippen LogP contribution is -2.27. The van der Waals surface area contributed by atoms with Crippen LogP contribution in [0.25, 0.3) is 0 Å². The number of thiazole rings is 1. The van der Waals surface area contributed by atoms with Crippen molar-refractivity contribution < 1.29 is 14.3 Å². The fourth-order valence-electron chi connectivity index (χ4n) is 2.13. The van der Waals surface area contributed by atoms with Crippen LogP contribution in [0.1, 0.15) is 34.0 Å². The largest absolute Gasteiger partial charge is 0.493 e. The van der Waals surface area contributed by atoms with Gasteiger partial charge in [-0.15, -0.1) is 23.7 Å². The first-order valence-corrected chi connectivity index (χ1v) is 8.14. The zero-order valence-electron chi connectivity index (χ0n) is 13.9. The Morgan fingerprint density at radius 1 is 1.33 bits per heavy atom. The van der Waals surface area contributed by atoms with Gasteiger partial charge >= 0.3 is 0 Å². The molecule has 0 bridgehead atoms. The highest BCUT2D eigenvalue weighted by Crippen LogP contribution is 2.29. The van der Waals surface area contributed by atoms with Crippen LogP contribution in [-0.2, 0) is 6.42 Å². The second-order valence-corrected chi connectivity index (χ2v) is 5.92. The summed E-state index contributed by atoms with van der Waals surface area (Å²) in [6.07, 6.45) is 0.684. The maximum Gasteiger partial charge on any atom is 0.271 e. The standard InChI is InChI=1S/C16H21N3O3S.ClH/c1-10(11-4-5-13(21-2)14(8-11)22-3)18-16(20)12-9-23-15(19-12)6-7-17;/h4-5,8-10H,6-7,17H2,1-3H3,(H,18,20);1H. The summed E-state index contributed by atoms with van der Waals surface area (Å²) in [4.78, 5) is 16.6. The number of nitrogens with zero attached hydrogens (tertiary/aromatic N) is 1. The number of benzene rings is 1. The van der Waals surface area contributed by atoms with Crippen molar-refractivity contribution in [1.29, 1.82) is 0 Å². The smallest absolute Gasteiger partial charge is 0.271 e. The lowest BCUT2D eigenvalue weighted by Gasteiger charge is -2.16. The van der Waals surface area contributed by atoms with E-state index in [2.05, 4.69) is 10.3 Å². The van der Waals surface area contributed by atoms with Crippen molar-refractivity contribution in [2.75, 3.05) is 20.8 Å². The number of amides is 1. The minimum atomic E-state index is -0.202. The van der Waals surface area contributed by atoms with E-state index in [0.29, 0.717) is 30.2 Å². The Labute approximate surface area is 151 Å². The Balaban J connectivity index is 0.00000288. The van der Waals surface area contributed by atoms with E-state index in [1.807, 2.05) is 25.1 Å². The third-order valence-electron chi connectivity index (χ3n) is 3.40. The molecule has 0 fully saturated rings. The van der Waals surface area contributed by atoms with Gasteiger partial charge in [-0.2, -0.15) is 0 Å². The van der Waals surface area contributed by atoms with Crippen molar-refractivity contribution in [3.63, 3.8) is 0 Å². The monoisotopic (exact) mass is 371 g/mol. The molecule has 0 saturated carbocycles. The number of nitrogens with two attached hydrogens (primary N) is 1. The molecule has 3 N–H and O–H groups in total. The minimum absolute atomic E-state index is 0. The van der Waals surface area contributed by atoms with E-state index in [0.717, 1.165) is 10.6 Å². The number of carbonyl (C=O) groups is 1. The summed E-state index contributed by atoms with van der Waals surface area (Å²) in [5, 5.41) is 5.56. The van der Waals surface area contributed by atoms with E-state index in [9.17, 15) is 4.79 Å². The van der Waals surface area contributed by atoms with Gasteiger partial charge in [-0.1, -0.05) is 6.07 Å². The van der Waals surface area contributed by atoms with Crippen LogP contribution in [-0.4, -0.2) is 31.7 Å². The molecule has 2 aromatic rings. The Morgan fingerprint density at radius 3 is 2.67 bits per heavy atom. The SMILES string of the molecule is COc1ccc(C(C)NC(=O)c2csc(CCN)n2)cc1OC.Cl. The molecule has 2 rings (SSSR count). The van der Waals surface area contributed by atoms with E-state index in [1.165, 1.54) is 11.3 Å². The fraction of sp³-hybridized carbons (Fsp3) is 0.375. The summed E-state index contributed by atoms with van der Waals surface area (Å²) in [6, 6.07) is 5.39. The topological polar surface area (TPSA) is 86.5 Å². The molecule has 0 aliphatic carbocycles. The molecule has 1 atom stereocenters. The lowest BCUT2D eigenvalue weighted by molar-refractivity contribution is 0.0935. The number of hydrogen-bond acceptors (Lipinski definition) is 6. The summed E-state index contributed by atoms with van der Waals surface area (Å²) in [5.41, 5.74) is 6.84. The molecule has 8 heteroatoms. The van der Waals surface area contributed by atoms with Crippen molar-refractivity contribution in [2.45, 2.75) is 19.4 Å². The van der Waals surface area contributed by atoms with Gasteiger partial charge in [0.2, 0.25) is 0 Å². The van der Waals surface area contributed by atoms with Gasteiger partial charge in [0.25, 0.3) is 5.91 Å². The van der Waals surface area contributed by atoms with Crippen LogP contribution < -0.4 is 20.5 Å². The van der Waals surface area contributed by atoms with Crippen LogP contribution in [0.15, 0.2) is 23.6 Å². The number of ether oxygens (including phenoxy) is 2. The number of halogens is 1. The van der Waals surface area contributed by atoms with Gasteiger partial charge < -0.3 is 20.5 Å². The summed E-state index contributed by atoms with van der Waals surface area (Å²) in [6.45, 7) is 2.43. The second kappa shape index (κ2) is 9.46. The average molecular weight is 372 g/mol. The first-order valence-electron chi connectivity index (χ1n) is 7.26. The predicted molar refractivity (Wildman–Crippen MR) is 97.5 cm³/mol. The van der Waals surface area contributed by atoms with Crippen molar-refractivity contribution in [3.8, 4) is 11.5 Å². The molecule has 0 saturated heterocycles. The molecule has 24 heavy (non-hydrogen) atoms. The normalized spacial score (nSPS) is 11.3. The van der Waals surface area contributed by atoms with Crippen LogP contribution >= 0.6 is 23.7 Å². The predicted octanol–water partition coefficient (Wildman–Crippen LogP) is 2.57. The van der Waals surface area contributed by atoms with E-state index >= 15 is 0 Å². The van der Waals surface area contributed by atoms with Crippen LogP contribution in [0.2, 0.25) is 0 Å². The van der Waals surface area contributed by atoms with E-state index < -0.39 is 0 Å². The molecular weight excluding hydrogens is 350 g/mol. The molecule has 0 radical (unpaired) electrons. The van der Waals surface area contributed by atoms with Crippen LogP contribution in [0.3, 0.4) is 0 Å². The molecule has 0 aliphatic heterocycles. The summed E-state index contributed by atoms with van der Waals surface area (Å²) in [7, 11) is 3.17. The van der Waals surface area contributed by atoms with Gasteiger partial charge in [0.15, 0.2) is 11.5 Å². The molecule has 6 nitrogen and oxygen atoms in total. The molecule has 0 spiro atoms. The Kier molecular flexibility index (Phi) is 7.97. The van der Waals surface area contributed by atoms with E-state index in [4.69, 9.17) is 15.2 Å². The minimum Gasteiger partial charge on any atom is -0.493 e. The highest BCUT2D eigenvalue weighted by molar-refractivity contribution is 7.09. The average Bonchev–Trinajstić information content (AvgIpc) is 3.03. The number of methoxy groups -OCH3 is 2. The maximum absolute atomic E-state index is 12.3. The van der Waals surface area contributed by atoms with Crippen LogP contribution in [0.5, 0.6) is 11.5 Å². The highest BCUT2D eigenvalue weighted by Gasteiger charge is 2.16. The van der Waals surface area contributed by atoms with Crippen molar-refractivity contribution >= 4 is 29.7 Å². The summed E-state index contributed by atoms with van der Waals surface area (Å²) >= 11 is 1.45. The van der Waals surface area contributed by atoms with E-state index in [1.54, 1.807) is 19.6 Å². The van der Waals surface area contributed by atoms with Crippen molar-refractivity contribution in [2.24, 2.45) is 5.73 Å². The zero-order chi connectivity index (χ0) is 16.8. The first-order chi connectivity index (χ1) is 11.1. The van der Waals surface area contributed by atoms with Gasteiger partial charge in [-0.3, -0.25) is 4.79 Å². The number of hydrogen-bond donors (Lipinski definition) is 2. The van der Waals surface area contributed by atoms with Crippen LogP contribution in [0, 0.1) is 0 Å². The molecule has 1 unspecified atom stereocenters.